The van der Waals surface area contributed by atoms with E-state index in [-0.39, 0.29) is 11.0 Å². The van der Waals surface area contributed by atoms with Gasteiger partial charge in [0.05, 0.1) is 11.0 Å². The van der Waals surface area contributed by atoms with Crippen LogP contribution >= 0.6 is 11.6 Å². The zero-order valence-corrected chi connectivity index (χ0v) is 15.6. The Morgan fingerprint density at radius 1 is 1.18 bits per heavy atom. The van der Waals surface area contributed by atoms with Crippen LogP contribution in [0.2, 0.25) is 5.02 Å². The van der Waals surface area contributed by atoms with Gasteiger partial charge in [-0.3, -0.25) is 14.2 Å². The van der Waals surface area contributed by atoms with E-state index in [2.05, 4.69) is 10.3 Å². The van der Waals surface area contributed by atoms with Gasteiger partial charge in [-0.05, 0) is 55.3 Å². The summed E-state index contributed by atoms with van der Waals surface area (Å²) in [5, 5.41) is 2.91. The molecule has 1 N–H and O–H groups in total. The first-order valence-electron chi connectivity index (χ1n) is 8.20. The second kappa shape index (κ2) is 7.27. The number of nitrogens with one attached hydrogen (secondary N) is 1. The highest BCUT2D eigenvalue weighted by atomic mass is 35.5. The summed E-state index contributed by atoms with van der Waals surface area (Å²) in [5.74, 6) is -0.664. The molecule has 0 radical (unpaired) electrons. The van der Waals surface area contributed by atoms with E-state index in [1.807, 2.05) is 0 Å². The van der Waals surface area contributed by atoms with E-state index < -0.39 is 29.9 Å². The molecule has 0 saturated carbocycles. The largest absolute Gasteiger partial charge is 0.438 e. The molecule has 0 aliphatic rings. The first-order chi connectivity index (χ1) is 13.1. The summed E-state index contributed by atoms with van der Waals surface area (Å²) >= 11 is 5.86. The number of hydrogen-bond donors (Lipinski definition) is 1. The van der Waals surface area contributed by atoms with E-state index in [1.165, 1.54) is 12.1 Å². The first-order valence-corrected chi connectivity index (χ1v) is 8.58. The van der Waals surface area contributed by atoms with Crippen LogP contribution in [0, 0.1) is 13.8 Å². The molecule has 28 heavy (non-hydrogen) atoms. The van der Waals surface area contributed by atoms with Crippen LogP contribution in [0.1, 0.15) is 16.8 Å². The first kappa shape index (κ1) is 19.9. The van der Waals surface area contributed by atoms with E-state index in [9.17, 15) is 22.8 Å². The number of fused-ring (bicyclic) bond motifs is 1. The second-order valence-corrected chi connectivity index (χ2v) is 6.77. The van der Waals surface area contributed by atoms with Crippen molar-refractivity contribution in [1.82, 2.24) is 9.55 Å². The van der Waals surface area contributed by atoms with Gasteiger partial charge in [0.15, 0.2) is 0 Å². The number of amides is 1. The quantitative estimate of drug-likeness (QED) is 0.700. The maximum atomic E-state index is 13.3. The number of carbonyl (C=O) groups excluding carboxylic acids is 1. The van der Waals surface area contributed by atoms with Gasteiger partial charge >= 0.3 is 6.18 Å². The van der Waals surface area contributed by atoms with Crippen LogP contribution in [0.3, 0.4) is 0 Å². The van der Waals surface area contributed by atoms with Gasteiger partial charge in [0, 0.05) is 10.7 Å². The molecule has 3 rings (SSSR count). The lowest BCUT2D eigenvalue weighted by Gasteiger charge is -2.15. The Hall–Kier alpha value is -2.87. The molecular weight excluding hydrogens is 395 g/mol. The third-order valence-electron chi connectivity index (χ3n) is 4.24. The summed E-state index contributed by atoms with van der Waals surface area (Å²) in [6, 6.07) is 9.29. The van der Waals surface area contributed by atoms with Gasteiger partial charge in [-0.1, -0.05) is 17.7 Å². The van der Waals surface area contributed by atoms with Crippen LogP contribution < -0.4 is 10.9 Å². The molecule has 0 fully saturated rings. The second-order valence-electron chi connectivity index (χ2n) is 6.33. The van der Waals surface area contributed by atoms with Crippen molar-refractivity contribution in [3.8, 4) is 0 Å². The normalized spacial score (nSPS) is 11.6. The van der Waals surface area contributed by atoms with E-state index in [0.29, 0.717) is 10.7 Å². The number of aromatic nitrogens is 2. The number of alkyl halides is 3. The zero-order valence-electron chi connectivity index (χ0n) is 14.9. The van der Waals surface area contributed by atoms with E-state index in [1.54, 1.807) is 38.1 Å². The number of aryl methyl sites for hydroxylation is 2. The number of anilines is 1. The molecule has 9 heteroatoms. The molecule has 1 amide bonds. The summed E-state index contributed by atoms with van der Waals surface area (Å²) in [4.78, 5) is 28.3. The highest BCUT2D eigenvalue weighted by Gasteiger charge is 2.37. The highest BCUT2D eigenvalue weighted by molar-refractivity contribution is 6.30. The minimum atomic E-state index is -4.94. The number of halogens is 4. The maximum absolute atomic E-state index is 13.3. The van der Waals surface area contributed by atoms with Crippen LogP contribution in [0.5, 0.6) is 0 Å². The van der Waals surface area contributed by atoms with Crippen LogP contribution in [0.4, 0.5) is 18.9 Å². The number of hydrogen-bond acceptors (Lipinski definition) is 3. The van der Waals surface area contributed by atoms with E-state index in [4.69, 9.17) is 11.6 Å². The van der Waals surface area contributed by atoms with Crippen molar-refractivity contribution in [3.63, 3.8) is 0 Å². The molecule has 0 aliphatic heterocycles. The maximum Gasteiger partial charge on any atom is 0.438 e. The number of nitrogens with zero attached hydrogens (tertiary/aromatic N) is 2. The molecular formula is C19H15ClF3N3O2. The summed E-state index contributed by atoms with van der Waals surface area (Å²) in [5.41, 5.74) is -0.928. The van der Waals surface area contributed by atoms with Crippen molar-refractivity contribution in [1.29, 1.82) is 0 Å². The van der Waals surface area contributed by atoms with Crippen molar-refractivity contribution in [2.75, 3.05) is 5.32 Å². The van der Waals surface area contributed by atoms with Gasteiger partial charge in [-0.25, -0.2) is 4.98 Å². The predicted molar refractivity (Wildman–Crippen MR) is 101 cm³/mol. The Morgan fingerprint density at radius 3 is 2.50 bits per heavy atom. The molecule has 0 bridgehead atoms. The number of rotatable bonds is 3. The third kappa shape index (κ3) is 4.01. The molecule has 0 saturated heterocycles. The fraction of sp³-hybridized carbons (Fsp3) is 0.211. The van der Waals surface area contributed by atoms with Crippen LogP contribution in [-0.2, 0) is 17.5 Å². The smallest absolute Gasteiger partial charge is 0.324 e. The lowest BCUT2D eigenvalue weighted by Crippen LogP contribution is -2.34. The standard InChI is InChI=1S/C19H15ClF3N3O2/c1-10-6-14-15(7-11(10)2)26(18(28)17(25-14)19(21,22)23)9-16(27)24-13-5-3-4-12(20)8-13/h3-8H,9H2,1-2H3,(H,24,27). The molecule has 1 aromatic heterocycles. The molecule has 3 aromatic rings. The van der Waals surface area contributed by atoms with Crippen LogP contribution in [0.25, 0.3) is 11.0 Å². The summed E-state index contributed by atoms with van der Waals surface area (Å²) < 4.78 is 40.6. The molecule has 0 spiro atoms. The average molecular weight is 410 g/mol. The Kier molecular flexibility index (Phi) is 5.16. The summed E-state index contributed by atoms with van der Waals surface area (Å²) in [6.07, 6.45) is -4.94. The van der Waals surface area contributed by atoms with Crippen molar-refractivity contribution >= 4 is 34.2 Å². The Morgan fingerprint density at radius 2 is 1.86 bits per heavy atom. The molecule has 0 unspecified atom stereocenters. The lowest BCUT2D eigenvalue weighted by molar-refractivity contribution is -0.142. The average Bonchev–Trinajstić information content (AvgIpc) is 2.58. The monoisotopic (exact) mass is 409 g/mol. The van der Waals surface area contributed by atoms with Crippen molar-refractivity contribution in [3.05, 3.63) is 68.6 Å². The van der Waals surface area contributed by atoms with Crippen molar-refractivity contribution in [2.24, 2.45) is 0 Å². The van der Waals surface area contributed by atoms with Gasteiger partial charge in [0.25, 0.3) is 5.56 Å². The molecule has 0 aliphatic carbocycles. The number of carbonyl (C=O) groups is 1. The fourth-order valence-corrected chi connectivity index (χ4v) is 2.94. The Bertz CT molecular complexity index is 1140. The van der Waals surface area contributed by atoms with Gasteiger partial charge in [0.2, 0.25) is 11.6 Å². The Balaban J connectivity index is 2.10. The van der Waals surface area contributed by atoms with Crippen molar-refractivity contribution in [2.45, 2.75) is 26.6 Å². The fourth-order valence-electron chi connectivity index (χ4n) is 2.75. The number of benzene rings is 2. The lowest BCUT2D eigenvalue weighted by atomic mass is 10.1. The highest BCUT2D eigenvalue weighted by Crippen LogP contribution is 2.27. The van der Waals surface area contributed by atoms with E-state index in [0.717, 1.165) is 15.7 Å². The summed E-state index contributed by atoms with van der Waals surface area (Å²) in [7, 11) is 0. The molecule has 1 heterocycles. The molecule has 2 aromatic carbocycles. The van der Waals surface area contributed by atoms with Crippen LogP contribution in [0.15, 0.2) is 41.2 Å². The zero-order chi connectivity index (χ0) is 20.6. The summed E-state index contributed by atoms with van der Waals surface area (Å²) in [6.45, 7) is 2.88. The molecule has 146 valence electrons. The third-order valence-corrected chi connectivity index (χ3v) is 4.48. The van der Waals surface area contributed by atoms with Gasteiger partial charge in [-0.2, -0.15) is 13.2 Å². The topological polar surface area (TPSA) is 64.0 Å². The van der Waals surface area contributed by atoms with Gasteiger partial charge in [0.1, 0.15) is 6.54 Å². The van der Waals surface area contributed by atoms with E-state index >= 15 is 0 Å². The SMILES string of the molecule is Cc1cc2nc(C(F)(F)F)c(=O)n(CC(=O)Nc3cccc(Cl)c3)c2cc1C. The van der Waals surface area contributed by atoms with Crippen LogP contribution in [-0.4, -0.2) is 15.5 Å². The molecule has 5 nitrogen and oxygen atoms in total. The molecule has 0 atom stereocenters. The predicted octanol–water partition coefficient (Wildman–Crippen LogP) is 4.32. The van der Waals surface area contributed by atoms with Gasteiger partial charge < -0.3 is 5.32 Å². The Labute approximate surface area is 162 Å². The minimum Gasteiger partial charge on any atom is -0.324 e. The van der Waals surface area contributed by atoms with Gasteiger partial charge in [-0.15, -0.1) is 0 Å². The minimum absolute atomic E-state index is 0.00872. The van der Waals surface area contributed by atoms with Crippen molar-refractivity contribution < 1.29 is 18.0 Å².